The van der Waals surface area contributed by atoms with Crippen molar-refractivity contribution in [2.45, 2.75) is 27.7 Å². The van der Waals surface area contributed by atoms with E-state index in [1.165, 1.54) is 11.1 Å². The van der Waals surface area contributed by atoms with Crippen molar-refractivity contribution in [3.05, 3.63) is 229 Å². The zero-order valence-corrected chi connectivity index (χ0v) is 40.6. The predicted octanol–water partition coefficient (Wildman–Crippen LogP) is 15.4. The number of phenolic OH excluding ortho intramolecular Hbond substituents is 1. The van der Waals surface area contributed by atoms with Gasteiger partial charge in [-0.25, -0.2) is 0 Å². The number of carbonyl (C=O) groups excluding carboxylic acids is 4. The fraction of sp³-hybridized carbons (Fsp3) is 0.133. The predicted molar refractivity (Wildman–Crippen MR) is 283 cm³/mol. The number of aromatic hydroxyl groups is 1. The molecule has 348 valence electrons. The molecule has 8 aromatic carbocycles. The highest BCUT2D eigenvalue weighted by atomic mass is 31.2. The summed E-state index contributed by atoms with van der Waals surface area (Å²) in [5, 5.41) is 9.32. The summed E-state index contributed by atoms with van der Waals surface area (Å²) >= 11 is 0. The van der Waals surface area contributed by atoms with E-state index in [2.05, 4.69) is 24.3 Å². The smallest absolute Gasteiger partial charge is 0.150 e. The molecule has 0 aliphatic heterocycles. The number of aldehydes is 4. The van der Waals surface area contributed by atoms with Gasteiger partial charge in [-0.3, -0.25) is 19.2 Å². The summed E-state index contributed by atoms with van der Waals surface area (Å²) in [5.41, 5.74) is 11.3. The van der Waals surface area contributed by atoms with Crippen molar-refractivity contribution in [2.75, 3.05) is 26.1 Å². The second-order valence-corrected chi connectivity index (χ2v) is 18.5. The standard InChI is InChI=1S/C17H19O3P.C13H10O2.2C13H10O.2C2H6/c1-21(2,19)11-10-20-17-5-3-4-16(12-17)15-8-6-14(13-18)7-9-15;14-9-10-4-6-11(7-5-10)12-2-1-3-13(15)8-12;2*14-10-11-6-8-13(9-7-11)12-4-2-1-3-5-12;2*1-2/h3-9,12-13H,10-11H2,1-2H3;1-9,15H;2*1-10H;2*1-2H3. The van der Waals surface area contributed by atoms with Crippen molar-refractivity contribution in [2.24, 2.45) is 0 Å². The first kappa shape index (κ1) is 54.6. The lowest BCUT2D eigenvalue weighted by molar-refractivity contribution is 0.111. The van der Waals surface area contributed by atoms with E-state index in [4.69, 9.17) is 4.74 Å². The van der Waals surface area contributed by atoms with Gasteiger partial charge in [0.05, 0.1) is 13.7 Å². The van der Waals surface area contributed by atoms with Crippen LogP contribution in [0.1, 0.15) is 69.1 Å². The van der Waals surface area contributed by atoms with Crippen molar-refractivity contribution < 1.29 is 33.6 Å². The molecule has 0 aromatic heterocycles. The van der Waals surface area contributed by atoms with Crippen LogP contribution in [0.5, 0.6) is 11.5 Å². The number of phenols is 1. The molecule has 7 nitrogen and oxygen atoms in total. The number of ether oxygens (including phenoxy) is 1. The van der Waals surface area contributed by atoms with Gasteiger partial charge >= 0.3 is 0 Å². The van der Waals surface area contributed by atoms with E-state index >= 15 is 0 Å². The fourth-order valence-electron chi connectivity index (χ4n) is 6.11. The Labute approximate surface area is 402 Å². The van der Waals surface area contributed by atoms with E-state index in [0.717, 1.165) is 64.3 Å². The Hall–Kier alpha value is -7.73. The molecule has 0 bridgehead atoms. The number of carbonyl (C=O) groups is 4. The Morgan fingerprint density at radius 1 is 0.382 bits per heavy atom. The first-order valence-corrected chi connectivity index (χ1v) is 25.2. The van der Waals surface area contributed by atoms with Gasteiger partial charge in [-0.05, 0) is 82.1 Å². The zero-order valence-electron chi connectivity index (χ0n) is 39.7. The van der Waals surface area contributed by atoms with E-state index in [1.807, 2.05) is 167 Å². The van der Waals surface area contributed by atoms with Gasteiger partial charge in [-0.15, -0.1) is 0 Å². The first-order chi connectivity index (χ1) is 33.1. The Balaban J connectivity index is 0.000000237. The van der Waals surface area contributed by atoms with Crippen LogP contribution in [0.2, 0.25) is 0 Å². The van der Waals surface area contributed by atoms with E-state index in [9.17, 15) is 28.8 Å². The van der Waals surface area contributed by atoms with Gasteiger partial charge in [-0.1, -0.05) is 210 Å². The molecule has 0 fully saturated rings. The maximum atomic E-state index is 11.6. The van der Waals surface area contributed by atoms with E-state index < -0.39 is 7.14 Å². The van der Waals surface area contributed by atoms with Crippen molar-refractivity contribution >= 4 is 32.3 Å². The summed E-state index contributed by atoms with van der Waals surface area (Å²) in [6, 6.07) is 64.8. The lowest BCUT2D eigenvalue weighted by Crippen LogP contribution is -2.02. The topological polar surface area (TPSA) is 115 Å². The van der Waals surface area contributed by atoms with Gasteiger partial charge in [0.1, 0.15) is 36.6 Å². The van der Waals surface area contributed by atoms with Gasteiger partial charge in [-0.2, -0.15) is 0 Å². The lowest BCUT2D eigenvalue weighted by atomic mass is 10.0. The highest BCUT2D eigenvalue weighted by Gasteiger charge is 2.08. The molecule has 68 heavy (non-hydrogen) atoms. The molecule has 0 saturated carbocycles. The maximum absolute atomic E-state index is 11.6. The molecule has 0 spiro atoms. The molecule has 8 heteroatoms. The first-order valence-electron chi connectivity index (χ1n) is 22.5. The summed E-state index contributed by atoms with van der Waals surface area (Å²) in [6.45, 7) is 12.0. The second kappa shape index (κ2) is 30.5. The minimum Gasteiger partial charge on any atom is -0.508 e. The van der Waals surface area contributed by atoms with Crippen LogP contribution in [0.3, 0.4) is 0 Å². The average molecular weight is 925 g/mol. The van der Waals surface area contributed by atoms with Crippen LogP contribution in [0.25, 0.3) is 44.5 Å². The second-order valence-electron chi connectivity index (χ2n) is 14.9. The Bertz CT molecular complexity index is 2640. The molecular weight excluding hydrogens is 864 g/mol. The van der Waals surface area contributed by atoms with Crippen LogP contribution in [0.15, 0.2) is 206 Å². The number of benzene rings is 8. The minimum absolute atomic E-state index is 0.243. The molecule has 1 N–H and O–H groups in total. The molecule has 0 heterocycles. The molecule has 0 unspecified atom stereocenters. The number of hydrogen-bond acceptors (Lipinski definition) is 7. The monoisotopic (exact) mass is 924 g/mol. The van der Waals surface area contributed by atoms with E-state index in [1.54, 1.807) is 55.8 Å². The van der Waals surface area contributed by atoms with Crippen LogP contribution in [0, 0.1) is 0 Å². The highest BCUT2D eigenvalue weighted by Crippen LogP contribution is 2.35. The Kier molecular flexibility index (Phi) is 24.5. The summed E-state index contributed by atoms with van der Waals surface area (Å²) in [4.78, 5) is 42.0. The largest absolute Gasteiger partial charge is 0.508 e. The number of rotatable bonds is 12. The quantitative estimate of drug-likeness (QED) is 0.0958. The van der Waals surface area contributed by atoms with Crippen molar-refractivity contribution in [3.8, 4) is 56.0 Å². The third-order valence-electron chi connectivity index (χ3n) is 9.65. The lowest BCUT2D eigenvalue weighted by Gasteiger charge is -2.10. The third-order valence-corrected chi connectivity index (χ3v) is 10.9. The molecule has 0 aliphatic carbocycles. The fourth-order valence-corrected chi connectivity index (χ4v) is 6.64. The van der Waals surface area contributed by atoms with Gasteiger partial charge in [0.2, 0.25) is 0 Å². The van der Waals surface area contributed by atoms with Crippen molar-refractivity contribution in [1.29, 1.82) is 0 Å². The molecular formula is C60H61O7P. The van der Waals surface area contributed by atoms with Crippen molar-refractivity contribution in [3.63, 3.8) is 0 Å². The molecule has 8 aromatic rings. The summed E-state index contributed by atoms with van der Waals surface area (Å²) in [6.07, 6.45) is 3.93. The van der Waals surface area contributed by atoms with Crippen LogP contribution in [-0.2, 0) is 4.57 Å². The third kappa shape index (κ3) is 19.4. The SMILES string of the molecule is CC.CC.CP(C)(=O)CCOc1cccc(-c2ccc(C=O)cc2)c1.O=Cc1ccc(-c2cccc(O)c2)cc1.O=Cc1ccc(-c2ccccc2)cc1.O=Cc1ccc(-c2ccccc2)cc1. The van der Waals surface area contributed by atoms with E-state index in [-0.39, 0.29) is 5.75 Å². The van der Waals surface area contributed by atoms with Crippen LogP contribution in [-0.4, -0.2) is 56.3 Å². The minimum atomic E-state index is -2.04. The molecule has 8 rings (SSSR count). The van der Waals surface area contributed by atoms with Gasteiger partial charge in [0.25, 0.3) is 0 Å². The molecule has 0 radical (unpaired) electrons. The van der Waals surface area contributed by atoms with Crippen LogP contribution >= 0.6 is 7.14 Å². The van der Waals surface area contributed by atoms with Crippen molar-refractivity contribution in [1.82, 2.24) is 0 Å². The molecule has 0 amide bonds. The molecule has 0 atom stereocenters. The van der Waals surface area contributed by atoms with Gasteiger partial charge in [0.15, 0.2) is 0 Å². The zero-order chi connectivity index (χ0) is 49.6. The van der Waals surface area contributed by atoms with Gasteiger partial charge in [0, 0.05) is 28.4 Å². The molecule has 0 saturated heterocycles. The highest BCUT2D eigenvalue weighted by molar-refractivity contribution is 7.62. The number of hydrogen-bond donors (Lipinski definition) is 1. The van der Waals surface area contributed by atoms with Gasteiger partial charge < -0.3 is 14.4 Å². The van der Waals surface area contributed by atoms with Crippen LogP contribution in [0.4, 0.5) is 0 Å². The average Bonchev–Trinajstić information content (AvgIpc) is 3.41. The normalized spacial score (nSPS) is 9.79. The summed E-state index contributed by atoms with van der Waals surface area (Å²) in [5.74, 6) is 1.01. The van der Waals surface area contributed by atoms with Crippen LogP contribution < -0.4 is 4.74 Å². The molecule has 0 aliphatic rings. The maximum Gasteiger partial charge on any atom is 0.150 e. The Morgan fingerprint density at radius 2 is 0.676 bits per heavy atom. The Morgan fingerprint density at radius 3 is 1.00 bits per heavy atom. The summed E-state index contributed by atoms with van der Waals surface area (Å²) in [7, 11) is -2.04. The summed E-state index contributed by atoms with van der Waals surface area (Å²) < 4.78 is 17.3. The van der Waals surface area contributed by atoms with E-state index in [0.29, 0.717) is 35.0 Å².